The van der Waals surface area contributed by atoms with E-state index in [4.69, 9.17) is 10.1 Å². The molecule has 148 valence electrons. The van der Waals surface area contributed by atoms with Gasteiger partial charge >= 0.3 is 0 Å². The maximum absolute atomic E-state index is 4.89. The average molecular weight is 402 g/mol. The Labute approximate surface area is 179 Å². The molecule has 6 rings (SSSR count). The summed E-state index contributed by atoms with van der Waals surface area (Å²) in [7, 11) is 0. The molecular weight excluding hydrogens is 384 g/mol. The van der Waals surface area contributed by atoms with Gasteiger partial charge in [0.1, 0.15) is 11.4 Å². The highest BCUT2D eigenvalue weighted by molar-refractivity contribution is 5.45. The number of pyridine rings is 1. The number of hydrogen-bond acceptors (Lipinski definition) is 4. The fourth-order valence-corrected chi connectivity index (χ4v) is 4.14. The molecule has 0 saturated heterocycles. The monoisotopic (exact) mass is 402 g/mol. The molecular formula is C25H18N6. The van der Waals surface area contributed by atoms with Gasteiger partial charge in [0.25, 0.3) is 0 Å². The predicted octanol–water partition coefficient (Wildman–Crippen LogP) is 3.79. The first-order chi connectivity index (χ1) is 15.3. The van der Waals surface area contributed by atoms with E-state index in [0.717, 1.165) is 35.7 Å². The van der Waals surface area contributed by atoms with Crippen LogP contribution in [-0.4, -0.2) is 29.4 Å². The molecule has 0 spiro atoms. The van der Waals surface area contributed by atoms with Crippen LogP contribution in [0.4, 0.5) is 0 Å². The van der Waals surface area contributed by atoms with Gasteiger partial charge in [-0.2, -0.15) is 10.2 Å². The maximum Gasteiger partial charge on any atom is 0.154 e. The van der Waals surface area contributed by atoms with Crippen LogP contribution in [0.15, 0.2) is 79.3 Å². The standard InChI is InChI=1S/C25H18N6/c1-2-6-18(7-3-1)22-14-11-19-17-30(29-25(19)22)24-9-4-8-20(28-24)12-13-21-16-26-23-10-5-15-27-31(21)23/h1-10,15-17,22H,11,14H2. The fourth-order valence-electron chi connectivity index (χ4n) is 4.14. The average Bonchev–Trinajstić information content (AvgIpc) is 3.53. The Balaban J connectivity index is 1.32. The van der Waals surface area contributed by atoms with Crippen molar-refractivity contribution in [1.29, 1.82) is 0 Å². The lowest BCUT2D eigenvalue weighted by molar-refractivity contribution is 0.720. The third-order valence-corrected chi connectivity index (χ3v) is 5.62. The first-order valence-corrected chi connectivity index (χ1v) is 10.3. The summed E-state index contributed by atoms with van der Waals surface area (Å²) in [4.78, 5) is 9.03. The van der Waals surface area contributed by atoms with Crippen molar-refractivity contribution < 1.29 is 0 Å². The van der Waals surface area contributed by atoms with Crippen molar-refractivity contribution in [2.24, 2.45) is 0 Å². The van der Waals surface area contributed by atoms with Gasteiger partial charge < -0.3 is 0 Å². The van der Waals surface area contributed by atoms with E-state index in [1.807, 2.05) is 35.0 Å². The van der Waals surface area contributed by atoms with E-state index in [1.54, 1.807) is 16.9 Å². The Morgan fingerprint density at radius 2 is 1.87 bits per heavy atom. The number of benzene rings is 1. The van der Waals surface area contributed by atoms with Crippen molar-refractivity contribution in [2.45, 2.75) is 18.8 Å². The summed E-state index contributed by atoms with van der Waals surface area (Å²) in [5, 5.41) is 9.19. The van der Waals surface area contributed by atoms with Crippen molar-refractivity contribution in [1.82, 2.24) is 29.4 Å². The minimum absolute atomic E-state index is 0.350. The van der Waals surface area contributed by atoms with Crippen molar-refractivity contribution in [3.8, 4) is 17.7 Å². The van der Waals surface area contributed by atoms with Gasteiger partial charge in [0.2, 0.25) is 0 Å². The van der Waals surface area contributed by atoms with E-state index >= 15 is 0 Å². The highest BCUT2D eigenvalue weighted by Crippen LogP contribution is 2.37. The summed E-state index contributed by atoms with van der Waals surface area (Å²) in [6, 6.07) is 20.2. The van der Waals surface area contributed by atoms with E-state index in [2.05, 4.69) is 58.5 Å². The summed E-state index contributed by atoms with van der Waals surface area (Å²) in [6.45, 7) is 0. The number of rotatable bonds is 2. The molecule has 0 aliphatic heterocycles. The number of imidazole rings is 1. The van der Waals surface area contributed by atoms with Crippen LogP contribution >= 0.6 is 0 Å². The minimum Gasteiger partial charge on any atom is -0.234 e. The molecule has 1 aliphatic carbocycles. The Bertz CT molecular complexity index is 1450. The second kappa shape index (κ2) is 7.22. The van der Waals surface area contributed by atoms with Gasteiger partial charge in [-0.05, 0) is 60.1 Å². The summed E-state index contributed by atoms with van der Waals surface area (Å²) < 4.78 is 3.60. The number of hydrogen-bond donors (Lipinski definition) is 0. The first kappa shape index (κ1) is 17.6. The van der Waals surface area contributed by atoms with Gasteiger partial charge in [0.05, 0.1) is 11.9 Å². The van der Waals surface area contributed by atoms with Gasteiger partial charge in [-0.3, -0.25) is 0 Å². The molecule has 0 amide bonds. The zero-order valence-corrected chi connectivity index (χ0v) is 16.7. The molecule has 0 saturated carbocycles. The van der Waals surface area contributed by atoms with Crippen LogP contribution in [0, 0.1) is 11.8 Å². The highest BCUT2D eigenvalue weighted by Gasteiger charge is 2.27. The van der Waals surface area contributed by atoms with Crippen LogP contribution in [-0.2, 0) is 6.42 Å². The molecule has 4 aromatic heterocycles. The first-order valence-electron chi connectivity index (χ1n) is 10.3. The number of fused-ring (bicyclic) bond motifs is 2. The van der Waals surface area contributed by atoms with E-state index in [-0.39, 0.29) is 0 Å². The number of aryl methyl sites for hydroxylation is 1. The van der Waals surface area contributed by atoms with Crippen molar-refractivity contribution in [3.05, 3.63) is 107 Å². The Kier molecular flexibility index (Phi) is 4.10. The Morgan fingerprint density at radius 3 is 2.81 bits per heavy atom. The molecule has 1 aliphatic rings. The highest BCUT2D eigenvalue weighted by atomic mass is 15.3. The second-order valence-corrected chi connectivity index (χ2v) is 7.55. The van der Waals surface area contributed by atoms with Gasteiger partial charge in [-0.25, -0.2) is 19.2 Å². The SMILES string of the molecule is C(#Cc1cnc2cccnn12)c1cccc(-n2cc3c(n2)C(c2ccccc2)CC3)n1. The summed E-state index contributed by atoms with van der Waals surface area (Å²) in [5.74, 6) is 7.37. The van der Waals surface area contributed by atoms with Crippen LogP contribution in [0.2, 0.25) is 0 Å². The lowest BCUT2D eigenvalue weighted by Gasteiger charge is -2.09. The van der Waals surface area contributed by atoms with Gasteiger partial charge in [-0.15, -0.1) is 0 Å². The molecule has 0 bridgehead atoms. The molecule has 0 radical (unpaired) electrons. The van der Waals surface area contributed by atoms with E-state index in [9.17, 15) is 0 Å². The Morgan fingerprint density at radius 1 is 0.935 bits per heavy atom. The smallest absolute Gasteiger partial charge is 0.154 e. The molecule has 31 heavy (non-hydrogen) atoms. The largest absolute Gasteiger partial charge is 0.234 e. The van der Waals surface area contributed by atoms with Crippen LogP contribution in [0.1, 0.15) is 40.5 Å². The Hall–Kier alpha value is -4.24. The quantitative estimate of drug-likeness (QED) is 0.422. The lowest BCUT2D eigenvalue weighted by atomic mass is 9.97. The van der Waals surface area contributed by atoms with Crippen molar-refractivity contribution in [2.75, 3.05) is 0 Å². The molecule has 6 nitrogen and oxygen atoms in total. The second-order valence-electron chi connectivity index (χ2n) is 7.55. The van der Waals surface area contributed by atoms with Gasteiger partial charge in [-0.1, -0.05) is 36.4 Å². The molecule has 0 N–H and O–H groups in total. The third kappa shape index (κ3) is 3.17. The minimum atomic E-state index is 0.350. The van der Waals surface area contributed by atoms with Gasteiger partial charge in [0, 0.05) is 18.3 Å². The molecule has 6 heteroatoms. The zero-order valence-electron chi connectivity index (χ0n) is 16.7. The molecule has 4 heterocycles. The number of aromatic nitrogens is 6. The molecule has 5 aromatic rings. The van der Waals surface area contributed by atoms with Crippen molar-refractivity contribution >= 4 is 5.65 Å². The molecule has 1 aromatic carbocycles. The summed E-state index contributed by atoms with van der Waals surface area (Å²) >= 11 is 0. The lowest BCUT2D eigenvalue weighted by Crippen LogP contribution is -2.03. The van der Waals surface area contributed by atoms with Crippen molar-refractivity contribution in [3.63, 3.8) is 0 Å². The van der Waals surface area contributed by atoms with Crippen LogP contribution < -0.4 is 0 Å². The van der Waals surface area contributed by atoms with Gasteiger partial charge in [0.15, 0.2) is 11.5 Å². The summed E-state index contributed by atoms with van der Waals surface area (Å²) in [5.41, 5.74) is 5.95. The molecule has 0 fully saturated rings. The third-order valence-electron chi connectivity index (χ3n) is 5.62. The molecule has 1 unspecified atom stereocenters. The normalized spacial score (nSPS) is 14.9. The maximum atomic E-state index is 4.89. The van der Waals surface area contributed by atoms with Crippen LogP contribution in [0.3, 0.4) is 0 Å². The van der Waals surface area contributed by atoms with Crippen LogP contribution in [0.5, 0.6) is 0 Å². The van der Waals surface area contributed by atoms with E-state index < -0.39 is 0 Å². The van der Waals surface area contributed by atoms with E-state index in [1.165, 1.54) is 11.1 Å². The fraction of sp³-hybridized carbons (Fsp3) is 0.120. The van der Waals surface area contributed by atoms with Crippen LogP contribution in [0.25, 0.3) is 11.5 Å². The number of nitrogens with zero attached hydrogens (tertiary/aromatic N) is 6. The predicted molar refractivity (Wildman–Crippen MR) is 117 cm³/mol. The molecule has 1 atom stereocenters. The summed E-state index contributed by atoms with van der Waals surface area (Å²) in [6.07, 6.45) is 7.69. The van der Waals surface area contributed by atoms with E-state index in [0.29, 0.717) is 11.6 Å². The topological polar surface area (TPSA) is 60.9 Å². The zero-order chi connectivity index (χ0) is 20.6.